The van der Waals surface area contributed by atoms with Gasteiger partial charge in [0.25, 0.3) is 5.91 Å². The van der Waals surface area contributed by atoms with Crippen LogP contribution in [0.3, 0.4) is 0 Å². The average Bonchev–Trinajstić information content (AvgIpc) is 2.54. The summed E-state index contributed by atoms with van der Waals surface area (Å²) in [6, 6.07) is 5.35. The van der Waals surface area contributed by atoms with E-state index in [1.807, 2.05) is 20.8 Å². The van der Waals surface area contributed by atoms with E-state index in [0.717, 1.165) is 0 Å². The first-order valence-corrected chi connectivity index (χ1v) is 9.12. The van der Waals surface area contributed by atoms with Gasteiger partial charge in [0, 0.05) is 19.1 Å². The lowest BCUT2D eigenvalue weighted by Gasteiger charge is -2.33. The molecular weight excluding hydrogens is 388 g/mol. The molecule has 1 heterocycles. The zero-order valence-electron chi connectivity index (χ0n) is 15.1. The number of amides is 2. The van der Waals surface area contributed by atoms with Gasteiger partial charge < -0.3 is 19.7 Å². The topological polar surface area (TPSA) is 67.9 Å². The first-order chi connectivity index (χ1) is 11.7. The maximum atomic E-state index is 12.5. The Hall–Kier alpha value is -1.76. The van der Waals surface area contributed by atoms with Crippen molar-refractivity contribution in [3.05, 3.63) is 28.2 Å². The molecule has 2 rings (SSSR count). The Bertz CT molecular complexity index is 634. The van der Waals surface area contributed by atoms with E-state index in [0.29, 0.717) is 41.7 Å². The summed E-state index contributed by atoms with van der Waals surface area (Å²) in [5.41, 5.74) is 0.0368. The predicted octanol–water partition coefficient (Wildman–Crippen LogP) is 3.59. The van der Waals surface area contributed by atoms with Gasteiger partial charge in [-0.2, -0.15) is 0 Å². The molecule has 138 valence electrons. The first-order valence-electron chi connectivity index (χ1n) is 8.32. The minimum absolute atomic E-state index is 0.0317. The van der Waals surface area contributed by atoms with Crippen molar-refractivity contribution in [2.75, 3.05) is 20.2 Å². The van der Waals surface area contributed by atoms with E-state index in [4.69, 9.17) is 9.47 Å². The number of ether oxygens (including phenoxy) is 2. The summed E-state index contributed by atoms with van der Waals surface area (Å²) in [6.07, 6.45) is 1.10. The monoisotopic (exact) mass is 412 g/mol. The van der Waals surface area contributed by atoms with Crippen LogP contribution in [-0.2, 0) is 4.74 Å². The Kier molecular flexibility index (Phi) is 6.32. The van der Waals surface area contributed by atoms with E-state index >= 15 is 0 Å². The van der Waals surface area contributed by atoms with Crippen molar-refractivity contribution in [2.24, 2.45) is 0 Å². The molecule has 0 spiro atoms. The molecule has 1 N–H and O–H groups in total. The van der Waals surface area contributed by atoms with Crippen LogP contribution in [0.2, 0.25) is 0 Å². The summed E-state index contributed by atoms with van der Waals surface area (Å²) in [7, 11) is 1.56. The summed E-state index contributed by atoms with van der Waals surface area (Å²) < 4.78 is 11.2. The number of likely N-dealkylation sites (tertiary alicyclic amines) is 1. The van der Waals surface area contributed by atoms with Gasteiger partial charge in [-0.25, -0.2) is 4.79 Å². The van der Waals surface area contributed by atoms with Gasteiger partial charge in [0.15, 0.2) is 0 Å². The number of carbonyl (C=O) groups is 2. The number of hydrogen-bond acceptors (Lipinski definition) is 4. The molecule has 0 atom stereocenters. The van der Waals surface area contributed by atoms with Gasteiger partial charge in [-0.15, -0.1) is 0 Å². The van der Waals surface area contributed by atoms with Gasteiger partial charge in [0.1, 0.15) is 11.4 Å². The average molecular weight is 413 g/mol. The quantitative estimate of drug-likeness (QED) is 0.823. The molecule has 6 nitrogen and oxygen atoms in total. The van der Waals surface area contributed by atoms with Crippen LogP contribution in [0.1, 0.15) is 44.0 Å². The van der Waals surface area contributed by atoms with Gasteiger partial charge in [-0.3, -0.25) is 4.79 Å². The maximum Gasteiger partial charge on any atom is 0.410 e. The number of carbonyl (C=O) groups excluding carboxylic acids is 2. The van der Waals surface area contributed by atoms with Crippen LogP contribution >= 0.6 is 15.9 Å². The largest absolute Gasteiger partial charge is 0.496 e. The molecule has 1 aromatic rings. The summed E-state index contributed by atoms with van der Waals surface area (Å²) in [5, 5.41) is 3.03. The minimum atomic E-state index is -0.499. The molecule has 1 aromatic carbocycles. The van der Waals surface area contributed by atoms with Crippen LogP contribution in [0, 0.1) is 0 Å². The van der Waals surface area contributed by atoms with Crippen LogP contribution in [0.25, 0.3) is 0 Å². The van der Waals surface area contributed by atoms with Crippen molar-refractivity contribution in [1.29, 1.82) is 0 Å². The molecule has 1 aliphatic heterocycles. The lowest BCUT2D eigenvalue weighted by atomic mass is 10.0. The molecule has 0 saturated carbocycles. The molecule has 0 radical (unpaired) electrons. The highest BCUT2D eigenvalue weighted by atomic mass is 79.9. The number of methoxy groups -OCH3 is 1. The van der Waals surface area contributed by atoms with E-state index in [1.165, 1.54) is 0 Å². The number of benzene rings is 1. The first kappa shape index (κ1) is 19.6. The van der Waals surface area contributed by atoms with Crippen molar-refractivity contribution in [1.82, 2.24) is 10.2 Å². The Morgan fingerprint density at radius 3 is 2.44 bits per heavy atom. The van der Waals surface area contributed by atoms with E-state index in [2.05, 4.69) is 21.2 Å². The highest BCUT2D eigenvalue weighted by Crippen LogP contribution is 2.28. The third kappa shape index (κ3) is 5.36. The molecule has 7 heteroatoms. The van der Waals surface area contributed by atoms with Crippen molar-refractivity contribution < 1.29 is 19.1 Å². The number of hydrogen-bond donors (Lipinski definition) is 1. The smallest absolute Gasteiger partial charge is 0.410 e. The van der Waals surface area contributed by atoms with E-state index < -0.39 is 5.60 Å². The van der Waals surface area contributed by atoms with Crippen LogP contribution in [-0.4, -0.2) is 48.7 Å². The fraction of sp³-hybridized carbons (Fsp3) is 0.556. The Morgan fingerprint density at radius 1 is 1.24 bits per heavy atom. The number of halogens is 1. The third-order valence-electron chi connectivity index (χ3n) is 3.91. The summed E-state index contributed by atoms with van der Waals surface area (Å²) in [5.74, 6) is 0.467. The Labute approximate surface area is 157 Å². The van der Waals surface area contributed by atoms with E-state index in [9.17, 15) is 9.59 Å². The lowest BCUT2D eigenvalue weighted by Crippen LogP contribution is -2.47. The van der Waals surface area contributed by atoms with Gasteiger partial charge in [0.05, 0.1) is 17.1 Å². The molecule has 0 bridgehead atoms. The zero-order chi connectivity index (χ0) is 18.6. The molecular formula is C18H25BrN2O4. The van der Waals surface area contributed by atoms with E-state index in [-0.39, 0.29) is 18.0 Å². The second-order valence-electron chi connectivity index (χ2n) is 7.04. The van der Waals surface area contributed by atoms with Gasteiger partial charge in [0.2, 0.25) is 0 Å². The number of nitrogens with one attached hydrogen (secondary N) is 1. The van der Waals surface area contributed by atoms with Crippen molar-refractivity contribution in [3.63, 3.8) is 0 Å². The SMILES string of the molecule is COc1cccc(C(=O)NC2CCN(C(=O)OC(C)(C)C)CC2)c1Br. The summed E-state index contributed by atoms with van der Waals surface area (Å²) in [6.45, 7) is 6.69. The Morgan fingerprint density at radius 2 is 1.88 bits per heavy atom. The fourth-order valence-electron chi connectivity index (χ4n) is 2.64. The second kappa shape index (κ2) is 8.08. The summed E-state index contributed by atoms with van der Waals surface area (Å²) >= 11 is 3.41. The number of nitrogens with zero attached hydrogens (tertiary/aromatic N) is 1. The van der Waals surface area contributed by atoms with Crippen LogP contribution in [0.5, 0.6) is 5.75 Å². The van der Waals surface area contributed by atoms with Gasteiger partial charge >= 0.3 is 6.09 Å². The highest BCUT2D eigenvalue weighted by molar-refractivity contribution is 9.10. The normalized spacial score (nSPS) is 15.6. The maximum absolute atomic E-state index is 12.5. The molecule has 1 saturated heterocycles. The third-order valence-corrected chi connectivity index (χ3v) is 4.73. The van der Waals surface area contributed by atoms with Crippen molar-refractivity contribution in [2.45, 2.75) is 45.3 Å². The van der Waals surface area contributed by atoms with Crippen LogP contribution in [0.4, 0.5) is 4.79 Å². The summed E-state index contributed by atoms with van der Waals surface area (Å²) in [4.78, 5) is 26.3. The standard InChI is InChI=1S/C18H25BrN2O4/c1-18(2,3)25-17(23)21-10-8-12(9-11-21)20-16(22)13-6-5-7-14(24-4)15(13)19/h5-7,12H,8-11H2,1-4H3,(H,20,22). The fourth-order valence-corrected chi connectivity index (χ4v) is 3.25. The van der Waals surface area contributed by atoms with Gasteiger partial charge in [-0.05, 0) is 61.7 Å². The minimum Gasteiger partial charge on any atom is -0.496 e. The molecule has 1 aliphatic rings. The van der Waals surface area contributed by atoms with Crippen LogP contribution < -0.4 is 10.1 Å². The molecule has 0 aliphatic carbocycles. The van der Waals surface area contributed by atoms with Crippen molar-refractivity contribution >= 4 is 27.9 Å². The van der Waals surface area contributed by atoms with Crippen molar-refractivity contribution in [3.8, 4) is 5.75 Å². The van der Waals surface area contributed by atoms with Gasteiger partial charge in [-0.1, -0.05) is 6.07 Å². The second-order valence-corrected chi connectivity index (χ2v) is 7.83. The lowest BCUT2D eigenvalue weighted by molar-refractivity contribution is 0.0199. The van der Waals surface area contributed by atoms with E-state index in [1.54, 1.807) is 30.2 Å². The molecule has 0 unspecified atom stereocenters. The van der Waals surface area contributed by atoms with Crippen LogP contribution in [0.15, 0.2) is 22.7 Å². The highest BCUT2D eigenvalue weighted by Gasteiger charge is 2.28. The molecule has 25 heavy (non-hydrogen) atoms. The molecule has 1 fully saturated rings. The molecule has 0 aromatic heterocycles. The zero-order valence-corrected chi connectivity index (χ0v) is 16.7. The number of piperidine rings is 1. The predicted molar refractivity (Wildman–Crippen MR) is 99.0 cm³/mol. The molecule has 2 amide bonds. The Balaban J connectivity index is 1.90. The number of rotatable bonds is 3.